The number of amides is 1. The van der Waals surface area contributed by atoms with Crippen LogP contribution in [-0.2, 0) is 14.8 Å². The Morgan fingerprint density at radius 1 is 1.09 bits per heavy atom. The minimum absolute atomic E-state index is 0.0710. The highest BCUT2D eigenvalue weighted by Gasteiger charge is 2.30. The SMILES string of the molecule is Cc1ccc(C)c(-n2ccnc2SCC(=O)N2CCN(S(=O)(=O)c3cccc(F)c3)CC2)c1. The Hall–Kier alpha value is -2.69. The lowest BCUT2D eigenvalue weighted by Crippen LogP contribution is -2.51. The number of aromatic nitrogens is 2. The number of benzene rings is 2. The van der Waals surface area contributed by atoms with Crippen LogP contribution < -0.4 is 0 Å². The van der Waals surface area contributed by atoms with Gasteiger partial charge in [0.15, 0.2) is 5.16 Å². The van der Waals surface area contributed by atoms with Gasteiger partial charge < -0.3 is 4.90 Å². The van der Waals surface area contributed by atoms with Crippen LogP contribution in [0.5, 0.6) is 0 Å². The first-order valence-electron chi connectivity index (χ1n) is 10.5. The summed E-state index contributed by atoms with van der Waals surface area (Å²) in [6, 6.07) is 11.2. The molecule has 2 aromatic carbocycles. The van der Waals surface area contributed by atoms with Crippen LogP contribution in [0.15, 0.2) is 64.9 Å². The van der Waals surface area contributed by atoms with Crippen molar-refractivity contribution in [3.8, 4) is 5.69 Å². The molecule has 0 N–H and O–H groups in total. The summed E-state index contributed by atoms with van der Waals surface area (Å²) < 4.78 is 42.3. The summed E-state index contributed by atoms with van der Waals surface area (Å²) in [5.74, 6) is -0.460. The second-order valence-corrected chi connectivity index (χ2v) is 10.8. The average Bonchev–Trinajstić information content (AvgIpc) is 3.27. The van der Waals surface area contributed by atoms with E-state index >= 15 is 0 Å². The van der Waals surface area contributed by atoms with Crippen LogP contribution in [0.25, 0.3) is 5.69 Å². The van der Waals surface area contributed by atoms with Crippen molar-refractivity contribution in [2.24, 2.45) is 0 Å². The van der Waals surface area contributed by atoms with E-state index in [1.807, 2.05) is 24.6 Å². The molecule has 174 valence electrons. The maximum absolute atomic E-state index is 13.5. The van der Waals surface area contributed by atoms with E-state index in [0.717, 1.165) is 28.0 Å². The van der Waals surface area contributed by atoms with Gasteiger partial charge in [-0.15, -0.1) is 0 Å². The van der Waals surface area contributed by atoms with Gasteiger partial charge in [-0.2, -0.15) is 4.31 Å². The predicted molar refractivity (Wildman–Crippen MR) is 126 cm³/mol. The van der Waals surface area contributed by atoms with E-state index in [0.29, 0.717) is 13.1 Å². The van der Waals surface area contributed by atoms with Gasteiger partial charge in [0.25, 0.3) is 0 Å². The number of halogens is 1. The zero-order valence-corrected chi connectivity index (χ0v) is 20.1. The first-order chi connectivity index (χ1) is 15.8. The molecule has 2 heterocycles. The number of nitrogens with zero attached hydrogens (tertiary/aromatic N) is 4. The molecular weight excluding hydrogens is 463 g/mol. The lowest BCUT2D eigenvalue weighted by atomic mass is 10.1. The van der Waals surface area contributed by atoms with Crippen molar-refractivity contribution in [2.45, 2.75) is 23.9 Å². The second kappa shape index (κ2) is 9.66. The van der Waals surface area contributed by atoms with Gasteiger partial charge >= 0.3 is 0 Å². The molecule has 0 unspecified atom stereocenters. The maximum atomic E-state index is 13.5. The molecule has 0 atom stereocenters. The zero-order valence-electron chi connectivity index (χ0n) is 18.4. The molecule has 33 heavy (non-hydrogen) atoms. The number of rotatable bonds is 6. The lowest BCUT2D eigenvalue weighted by molar-refractivity contribution is -0.129. The molecule has 0 aliphatic carbocycles. The van der Waals surface area contributed by atoms with Crippen molar-refractivity contribution in [1.29, 1.82) is 0 Å². The first-order valence-corrected chi connectivity index (χ1v) is 13.0. The summed E-state index contributed by atoms with van der Waals surface area (Å²) in [6.07, 6.45) is 3.59. The Balaban J connectivity index is 1.36. The summed E-state index contributed by atoms with van der Waals surface area (Å²) >= 11 is 1.36. The van der Waals surface area contributed by atoms with Crippen LogP contribution >= 0.6 is 11.8 Å². The monoisotopic (exact) mass is 488 g/mol. The van der Waals surface area contributed by atoms with E-state index in [-0.39, 0.29) is 29.6 Å². The highest BCUT2D eigenvalue weighted by Crippen LogP contribution is 2.24. The van der Waals surface area contributed by atoms with Crippen LogP contribution in [0.3, 0.4) is 0 Å². The summed E-state index contributed by atoms with van der Waals surface area (Å²) in [7, 11) is -3.79. The van der Waals surface area contributed by atoms with Crippen LogP contribution in [0, 0.1) is 19.7 Å². The van der Waals surface area contributed by atoms with Gasteiger partial charge in [-0.05, 0) is 49.2 Å². The number of piperazine rings is 1. The Morgan fingerprint density at radius 2 is 1.85 bits per heavy atom. The van der Waals surface area contributed by atoms with Crippen LogP contribution in [0.4, 0.5) is 4.39 Å². The smallest absolute Gasteiger partial charge is 0.243 e. The summed E-state index contributed by atoms with van der Waals surface area (Å²) in [4.78, 5) is 18.8. The largest absolute Gasteiger partial charge is 0.339 e. The van der Waals surface area contributed by atoms with Crippen molar-refractivity contribution in [3.63, 3.8) is 0 Å². The van der Waals surface area contributed by atoms with Gasteiger partial charge in [-0.3, -0.25) is 9.36 Å². The molecule has 0 radical (unpaired) electrons. The molecule has 1 saturated heterocycles. The van der Waals surface area contributed by atoms with Gasteiger partial charge in [-0.1, -0.05) is 30.0 Å². The number of carbonyl (C=O) groups excluding carboxylic acids is 1. The van der Waals surface area contributed by atoms with E-state index < -0.39 is 15.8 Å². The van der Waals surface area contributed by atoms with E-state index in [9.17, 15) is 17.6 Å². The number of hydrogen-bond donors (Lipinski definition) is 0. The fraction of sp³-hybridized carbons (Fsp3) is 0.304. The van der Waals surface area contributed by atoms with Gasteiger partial charge in [0.05, 0.1) is 16.3 Å². The van der Waals surface area contributed by atoms with Crippen LogP contribution in [0.2, 0.25) is 0 Å². The number of carbonyl (C=O) groups is 1. The van der Waals surface area contributed by atoms with Gasteiger partial charge in [0.2, 0.25) is 15.9 Å². The standard InChI is InChI=1S/C23H25FN4O3S2/c1-17-6-7-18(2)21(14-17)28-9-8-25-23(28)32-16-22(29)26-10-12-27(13-11-26)33(30,31)20-5-3-4-19(24)15-20/h3-9,14-15H,10-13,16H2,1-2H3. The molecular formula is C23H25FN4O3S2. The van der Waals surface area contributed by atoms with E-state index in [2.05, 4.69) is 23.2 Å². The van der Waals surface area contributed by atoms with Crippen molar-refractivity contribution >= 4 is 27.7 Å². The predicted octanol–water partition coefficient (Wildman–Crippen LogP) is 3.25. The van der Waals surface area contributed by atoms with Crippen LogP contribution in [0.1, 0.15) is 11.1 Å². The van der Waals surface area contributed by atoms with Crippen molar-refractivity contribution in [3.05, 3.63) is 71.8 Å². The van der Waals surface area contributed by atoms with Crippen LogP contribution in [-0.4, -0.2) is 65.0 Å². The highest BCUT2D eigenvalue weighted by atomic mass is 32.2. The van der Waals surface area contributed by atoms with Crippen molar-refractivity contribution in [1.82, 2.24) is 18.8 Å². The van der Waals surface area contributed by atoms with Crippen molar-refractivity contribution < 1.29 is 17.6 Å². The maximum Gasteiger partial charge on any atom is 0.243 e. The number of aryl methyl sites for hydroxylation is 2. The van der Waals surface area contributed by atoms with E-state index in [1.54, 1.807) is 11.1 Å². The third-order valence-corrected chi connectivity index (χ3v) is 8.43. The topological polar surface area (TPSA) is 75.5 Å². The molecule has 1 amide bonds. The molecule has 1 aliphatic rings. The molecule has 0 bridgehead atoms. The highest BCUT2D eigenvalue weighted by molar-refractivity contribution is 7.99. The Labute approximate surface area is 197 Å². The average molecular weight is 489 g/mol. The Bertz CT molecular complexity index is 1270. The quantitative estimate of drug-likeness (QED) is 0.498. The summed E-state index contributed by atoms with van der Waals surface area (Å²) in [6.45, 7) is 4.99. The molecule has 0 saturated carbocycles. The molecule has 0 spiro atoms. The number of thioether (sulfide) groups is 1. The lowest BCUT2D eigenvalue weighted by Gasteiger charge is -2.34. The Morgan fingerprint density at radius 3 is 2.58 bits per heavy atom. The van der Waals surface area contributed by atoms with E-state index in [4.69, 9.17) is 0 Å². The molecule has 7 nitrogen and oxygen atoms in total. The third kappa shape index (κ3) is 5.13. The van der Waals surface area contributed by atoms with Crippen molar-refractivity contribution in [2.75, 3.05) is 31.9 Å². The zero-order chi connectivity index (χ0) is 23.6. The summed E-state index contributed by atoms with van der Waals surface area (Å²) in [5, 5.41) is 0.726. The molecule has 1 aromatic heterocycles. The van der Waals surface area contributed by atoms with Gasteiger partial charge in [0.1, 0.15) is 5.82 Å². The molecule has 1 fully saturated rings. The molecule has 10 heteroatoms. The minimum atomic E-state index is -3.79. The Kier molecular flexibility index (Phi) is 6.87. The van der Waals surface area contributed by atoms with E-state index in [1.165, 1.54) is 34.3 Å². The third-order valence-electron chi connectivity index (χ3n) is 5.58. The summed E-state index contributed by atoms with van der Waals surface area (Å²) in [5.41, 5.74) is 3.28. The number of sulfonamides is 1. The van der Waals surface area contributed by atoms with Gasteiger partial charge in [0, 0.05) is 38.6 Å². The number of imidazole rings is 1. The minimum Gasteiger partial charge on any atom is -0.339 e. The first kappa shape index (κ1) is 23.5. The fourth-order valence-electron chi connectivity index (χ4n) is 3.73. The van der Waals surface area contributed by atoms with Gasteiger partial charge in [-0.25, -0.2) is 17.8 Å². The normalized spacial score (nSPS) is 15.1. The molecule has 1 aliphatic heterocycles. The molecule has 4 rings (SSSR count). The fourth-order valence-corrected chi connectivity index (χ4v) is 6.05. The number of hydrogen-bond acceptors (Lipinski definition) is 5. The molecule has 3 aromatic rings. The second-order valence-electron chi connectivity index (χ2n) is 7.90.